The van der Waals surface area contributed by atoms with Gasteiger partial charge < -0.3 is 5.32 Å². The molecule has 0 aromatic heterocycles. The van der Waals surface area contributed by atoms with Crippen LogP contribution in [0.3, 0.4) is 0 Å². The van der Waals surface area contributed by atoms with E-state index in [0.29, 0.717) is 5.41 Å². The zero-order valence-corrected chi connectivity index (χ0v) is 13.8. The first-order chi connectivity index (χ1) is 9.62. The molecule has 0 aromatic rings. The van der Waals surface area contributed by atoms with Gasteiger partial charge in [-0.1, -0.05) is 27.2 Å². The maximum atomic E-state index is 3.63. The van der Waals surface area contributed by atoms with E-state index in [1.165, 1.54) is 64.6 Å². The number of rotatable bonds is 3. The molecule has 2 heteroatoms. The van der Waals surface area contributed by atoms with Gasteiger partial charge in [-0.2, -0.15) is 0 Å². The number of nitrogens with one attached hydrogen (secondary N) is 1. The summed E-state index contributed by atoms with van der Waals surface area (Å²) in [5, 5.41) is 3.63. The summed E-state index contributed by atoms with van der Waals surface area (Å²) in [5.74, 6) is 1.92. The van der Waals surface area contributed by atoms with Crippen LogP contribution in [0, 0.1) is 17.3 Å². The highest BCUT2D eigenvalue weighted by Crippen LogP contribution is 2.42. The molecule has 0 amide bonds. The van der Waals surface area contributed by atoms with Gasteiger partial charge in [0.1, 0.15) is 0 Å². The van der Waals surface area contributed by atoms with Gasteiger partial charge in [0.15, 0.2) is 0 Å². The second kappa shape index (κ2) is 5.96. The number of likely N-dealkylation sites (tertiary alicyclic amines) is 1. The van der Waals surface area contributed by atoms with Crippen LogP contribution in [0.25, 0.3) is 0 Å². The van der Waals surface area contributed by atoms with Crippen LogP contribution in [-0.2, 0) is 0 Å². The molecule has 1 aliphatic carbocycles. The van der Waals surface area contributed by atoms with E-state index >= 15 is 0 Å². The lowest BCUT2D eigenvalue weighted by molar-refractivity contribution is 0.0316. The minimum Gasteiger partial charge on any atom is -0.315 e. The van der Waals surface area contributed by atoms with E-state index in [1.807, 2.05) is 0 Å². The third-order valence-electron chi connectivity index (χ3n) is 6.90. The fourth-order valence-electron chi connectivity index (χ4n) is 5.03. The molecule has 0 spiro atoms. The maximum Gasteiger partial charge on any atom is 0.0263 e. The van der Waals surface area contributed by atoms with Crippen LogP contribution < -0.4 is 5.32 Å². The summed E-state index contributed by atoms with van der Waals surface area (Å²) in [5.41, 5.74) is 0.560. The Bertz CT molecular complexity index is 317. The van der Waals surface area contributed by atoms with Crippen molar-refractivity contribution >= 4 is 0 Å². The third-order valence-corrected chi connectivity index (χ3v) is 6.90. The highest BCUT2D eigenvalue weighted by atomic mass is 15.2. The molecule has 0 bridgehead atoms. The normalized spacial score (nSPS) is 39.8. The Morgan fingerprint density at radius 2 is 1.80 bits per heavy atom. The van der Waals surface area contributed by atoms with Gasteiger partial charge in [0.25, 0.3) is 0 Å². The van der Waals surface area contributed by atoms with Gasteiger partial charge in [0, 0.05) is 18.6 Å². The monoisotopic (exact) mass is 278 g/mol. The fourth-order valence-corrected chi connectivity index (χ4v) is 5.03. The zero-order valence-electron chi connectivity index (χ0n) is 13.8. The van der Waals surface area contributed by atoms with E-state index in [0.717, 1.165) is 23.9 Å². The van der Waals surface area contributed by atoms with Crippen molar-refractivity contribution in [1.29, 1.82) is 0 Å². The molecule has 2 aliphatic heterocycles. The van der Waals surface area contributed by atoms with Crippen molar-refractivity contribution in [3.05, 3.63) is 0 Å². The zero-order chi connectivity index (χ0) is 14.2. The fraction of sp³-hybridized carbons (Fsp3) is 1.00. The van der Waals surface area contributed by atoms with Crippen molar-refractivity contribution in [2.45, 2.75) is 77.8 Å². The topological polar surface area (TPSA) is 15.3 Å². The molecule has 2 unspecified atom stereocenters. The molecule has 2 heterocycles. The maximum absolute atomic E-state index is 3.63. The Labute approximate surface area is 125 Å². The second-order valence-corrected chi connectivity index (χ2v) is 8.21. The quantitative estimate of drug-likeness (QED) is 0.847. The summed E-state index contributed by atoms with van der Waals surface area (Å²) in [4.78, 5) is 2.91. The molecule has 3 aliphatic rings. The van der Waals surface area contributed by atoms with Crippen LogP contribution in [-0.4, -0.2) is 36.6 Å². The number of nitrogens with zero attached hydrogens (tertiary/aromatic N) is 1. The van der Waals surface area contributed by atoms with Crippen molar-refractivity contribution in [2.75, 3.05) is 19.6 Å². The van der Waals surface area contributed by atoms with Gasteiger partial charge in [-0.3, -0.25) is 4.90 Å². The van der Waals surface area contributed by atoms with Gasteiger partial charge >= 0.3 is 0 Å². The van der Waals surface area contributed by atoms with Crippen LogP contribution >= 0.6 is 0 Å². The van der Waals surface area contributed by atoms with Gasteiger partial charge in [-0.05, 0) is 68.9 Å². The molecule has 20 heavy (non-hydrogen) atoms. The van der Waals surface area contributed by atoms with Crippen molar-refractivity contribution in [2.24, 2.45) is 17.3 Å². The van der Waals surface area contributed by atoms with Crippen LogP contribution in [0.5, 0.6) is 0 Å². The van der Waals surface area contributed by atoms with Crippen molar-refractivity contribution in [3.63, 3.8) is 0 Å². The molecule has 1 saturated carbocycles. The SMILES string of the molecule is CCC(C)(C)C1CCC(N2CCCC3CNCC32)CC1. The lowest BCUT2D eigenvalue weighted by atomic mass is 9.68. The Kier molecular flexibility index (Phi) is 4.42. The summed E-state index contributed by atoms with van der Waals surface area (Å²) in [7, 11) is 0. The van der Waals surface area contributed by atoms with E-state index in [4.69, 9.17) is 0 Å². The Morgan fingerprint density at radius 1 is 1.05 bits per heavy atom. The minimum absolute atomic E-state index is 0.560. The largest absolute Gasteiger partial charge is 0.315 e. The molecule has 1 N–H and O–H groups in total. The highest BCUT2D eigenvalue weighted by molar-refractivity contribution is 4.96. The predicted molar refractivity (Wildman–Crippen MR) is 85.9 cm³/mol. The number of hydrogen-bond donors (Lipinski definition) is 1. The molecule has 0 radical (unpaired) electrons. The third kappa shape index (κ3) is 2.78. The van der Waals surface area contributed by atoms with Crippen LogP contribution in [0.15, 0.2) is 0 Å². The van der Waals surface area contributed by atoms with Gasteiger partial charge in [-0.25, -0.2) is 0 Å². The van der Waals surface area contributed by atoms with E-state index in [1.54, 1.807) is 0 Å². The summed E-state index contributed by atoms with van der Waals surface area (Å²) in [6.07, 6.45) is 10.1. The lowest BCUT2D eigenvalue weighted by Crippen LogP contribution is -2.51. The number of piperidine rings is 1. The Morgan fingerprint density at radius 3 is 2.50 bits per heavy atom. The first-order valence-electron chi connectivity index (χ1n) is 9.08. The molecule has 116 valence electrons. The first kappa shape index (κ1) is 14.8. The standard InChI is InChI=1S/C18H34N2/c1-4-18(2,3)15-7-9-16(10-8-15)20-11-5-6-14-12-19-13-17(14)20/h14-17,19H,4-13H2,1-3H3. The summed E-state index contributed by atoms with van der Waals surface area (Å²) < 4.78 is 0. The van der Waals surface area contributed by atoms with Crippen molar-refractivity contribution < 1.29 is 0 Å². The van der Waals surface area contributed by atoms with Crippen molar-refractivity contribution in [3.8, 4) is 0 Å². The van der Waals surface area contributed by atoms with Crippen LogP contribution in [0.2, 0.25) is 0 Å². The Hall–Kier alpha value is -0.0800. The van der Waals surface area contributed by atoms with Gasteiger partial charge in [0.2, 0.25) is 0 Å². The molecule has 2 saturated heterocycles. The predicted octanol–water partition coefficient (Wildman–Crippen LogP) is 3.67. The lowest BCUT2D eigenvalue weighted by Gasteiger charge is -2.47. The first-order valence-corrected chi connectivity index (χ1v) is 9.08. The summed E-state index contributed by atoms with van der Waals surface area (Å²) in [6, 6.07) is 1.76. The molecule has 2 nitrogen and oxygen atoms in total. The average molecular weight is 278 g/mol. The van der Waals surface area contributed by atoms with E-state index in [9.17, 15) is 0 Å². The molecule has 3 rings (SSSR count). The second-order valence-electron chi connectivity index (χ2n) is 8.21. The Balaban J connectivity index is 1.58. The molecule has 0 aromatic carbocycles. The summed E-state index contributed by atoms with van der Waals surface area (Å²) >= 11 is 0. The van der Waals surface area contributed by atoms with Gasteiger partial charge in [-0.15, -0.1) is 0 Å². The minimum atomic E-state index is 0.560. The number of hydrogen-bond acceptors (Lipinski definition) is 2. The van der Waals surface area contributed by atoms with E-state index < -0.39 is 0 Å². The molecule has 3 fully saturated rings. The van der Waals surface area contributed by atoms with E-state index in [-0.39, 0.29) is 0 Å². The number of fused-ring (bicyclic) bond motifs is 1. The molecule has 2 atom stereocenters. The summed E-state index contributed by atoms with van der Waals surface area (Å²) in [6.45, 7) is 11.2. The molecular formula is C18H34N2. The average Bonchev–Trinajstić information content (AvgIpc) is 2.95. The van der Waals surface area contributed by atoms with E-state index in [2.05, 4.69) is 31.0 Å². The van der Waals surface area contributed by atoms with Crippen molar-refractivity contribution in [1.82, 2.24) is 10.2 Å². The van der Waals surface area contributed by atoms with Crippen LogP contribution in [0.1, 0.15) is 65.7 Å². The smallest absolute Gasteiger partial charge is 0.0263 e. The van der Waals surface area contributed by atoms with Gasteiger partial charge in [0.05, 0.1) is 0 Å². The van der Waals surface area contributed by atoms with Crippen LogP contribution in [0.4, 0.5) is 0 Å². The highest BCUT2D eigenvalue weighted by Gasteiger charge is 2.40. The molecular weight excluding hydrogens is 244 g/mol.